The zero-order valence-electron chi connectivity index (χ0n) is 14.5. The van der Waals surface area contributed by atoms with Crippen LogP contribution in [-0.4, -0.2) is 28.7 Å². The molecule has 0 aliphatic carbocycles. The molecule has 8 heteroatoms. The van der Waals surface area contributed by atoms with E-state index in [1.54, 1.807) is 12.1 Å². The van der Waals surface area contributed by atoms with Gasteiger partial charge in [-0.25, -0.2) is 0 Å². The summed E-state index contributed by atoms with van der Waals surface area (Å²) in [6, 6.07) is 15.1. The Morgan fingerprint density at radius 1 is 1.15 bits per heavy atom. The summed E-state index contributed by atoms with van der Waals surface area (Å²) in [7, 11) is 0. The molecule has 0 spiro atoms. The number of rotatable bonds is 6. The summed E-state index contributed by atoms with van der Waals surface area (Å²) in [4.78, 5) is 12.2. The molecule has 0 saturated carbocycles. The van der Waals surface area contributed by atoms with Crippen LogP contribution < -0.4 is 14.8 Å². The molecule has 0 radical (unpaired) electrons. The van der Waals surface area contributed by atoms with Crippen LogP contribution in [-0.2, 0) is 4.79 Å². The molecule has 0 unspecified atom stereocenters. The van der Waals surface area contributed by atoms with Gasteiger partial charge < -0.3 is 19.2 Å². The number of nitrogens with zero attached hydrogens (tertiary/aromatic N) is 2. The predicted octanol–water partition coefficient (Wildman–Crippen LogP) is 3.43. The van der Waals surface area contributed by atoms with Crippen molar-refractivity contribution in [2.75, 3.05) is 12.5 Å². The smallest absolute Gasteiger partial charge is 0.277 e. The van der Waals surface area contributed by atoms with Crippen molar-refractivity contribution >= 4 is 17.7 Å². The maximum atomic E-state index is 12.2. The van der Waals surface area contributed by atoms with Gasteiger partial charge in [-0.15, -0.1) is 10.2 Å². The third-order valence-electron chi connectivity index (χ3n) is 4.03. The van der Waals surface area contributed by atoms with E-state index in [1.165, 1.54) is 11.8 Å². The highest BCUT2D eigenvalue weighted by Crippen LogP contribution is 2.36. The highest BCUT2D eigenvalue weighted by Gasteiger charge is 2.17. The van der Waals surface area contributed by atoms with Gasteiger partial charge in [0, 0.05) is 5.56 Å². The van der Waals surface area contributed by atoms with Crippen molar-refractivity contribution in [2.45, 2.75) is 18.2 Å². The SMILES string of the molecule is C[C@@H](NC(=O)CSc1nnc(-c2ccc3c(c2)OCO3)o1)c1ccccc1. The fraction of sp³-hybridized carbons (Fsp3) is 0.211. The van der Waals surface area contributed by atoms with Crippen LogP contribution >= 0.6 is 11.8 Å². The molecule has 4 rings (SSSR count). The molecule has 2 aromatic carbocycles. The average Bonchev–Trinajstić information content (AvgIpc) is 3.35. The van der Waals surface area contributed by atoms with Crippen LogP contribution in [0.5, 0.6) is 11.5 Å². The van der Waals surface area contributed by atoms with Gasteiger partial charge in [-0.1, -0.05) is 42.1 Å². The Bertz CT molecular complexity index is 945. The third kappa shape index (κ3) is 4.06. The topological polar surface area (TPSA) is 86.5 Å². The van der Waals surface area contributed by atoms with Gasteiger partial charge in [0.15, 0.2) is 11.5 Å². The molecule has 1 amide bonds. The fourth-order valence-electron chi connectivity index (χ4n) is 2.65. The first-order chi connectivity index (χ1) is 13.2. The first-order valence-corrected chi connectivity index (χ1v) is 9.38. The molecule has 7 nitrogen and oxygen atoms in total. The highest BCUT2D eigenvalue weighted by atomic mass is 32.2. The van der Waals surface area contributed by atoms with E-state index in [0.717, 1.165) is 11.1 Å². The first kappa shape index (κ1) is 17.4. The second-order valence-electron chi connectivity index (χ2n) is 5.93. The third-order valence-corrected chi connectivity index (χ3v) is 4.85. The maximum absolute atomic E-state index is 12.2. The summed E-state index contributed by atoms with van der Waals surface area (Å²) in [5, 5.41) is 11.3. The van der Waals surface area contributed by atoms with Gasteiger partial charge in [-0.05, 0) is 30.7 Å². The normalized spacial score (nSPS) is 13.4. The zero-order chi connectivity index (χ0) is 18.6. The minimum Gasteiger partial charge on any atom is -0.454 e. The van der Waals surface area contributed by atoms with E-state index in [9.17, 15) is 4.79 Å². The summed E-state index contributed by atoms with van der Waals surface area (Å²) >= 11 is 1.20. The Hall–Kier alpha value is -3.00. The van der Waals surface area contributed by atoms with Crippen LogP contribution in [0.1, 0.15) is 18.5 Å². The van der Waals surface area contributed by atoms with Gasteiger partial charge in [-0.3, -0.25) is 4.79 Å². The molecular formula is C19H17N3O4S. The van der Waals surface area contributed by atoms with Gasteiger partial charge in [-0.2, -0.15) is 0 Å². The fourth-order valence-corrected chi connectivity index (χ4v) is 3.22. The van der Waals surface area contributed by atoms with Crippen molar-refractivity contribution in [3.05, 3.63) is 54.1 Å². The van der Waals surface area contributed by atoms with E-state index in [2.05, 4.69) is 15.5 Å². The molecule has 0 saturated heterocycles. The lowest BCUT2D eigenvalue weighted by Crippen LogP contribution is -2.28. The van der Waals surface area contributed by atoms with Crippen LogP contribution in [0.25, 0.3) is 11.5 Å². The lowest BCUT2D eigenvalue weighted by Gasteiger charge is -2.13. The summed E-state index contributed by atoms with van der Waals surface area (Å²) in [5.41, 5.74) is 1.79. The van der Waals surface area contributed by atoms with Crippen LogP contribution in [0.2, 0.25) is 0 Å². The van der Waals surface area contributed by atoms with E-state index >= 15 is 0 Å². The van der Waals surface area contributed by atoms with Crippen LogP contribution in [0.3, 0.4) is 0 Å². The van der Waals surface area contributed by atoms with Gasteiger partial charge >= 0.3 is 0 Å². The molecule has 1 aromatic heterocycles. The Morgan fingerprint density at radius 3 is 2.81 bits per heavy atom. The average molecular weight is 383 g/mol. The largest absolute Gasteiger partial charge is 0.454 e. The highest BCUT2D eigenvalue weighted by molar-refractivity contribution is 7.99. The lowest BCUT2D eigenvalue weighted by molar-refractivity contribution is -0.119. The molecule has 1 aliphatic heterocycles. The molecule has 1 N–H and O–H groups in total. The quantitative estimate of drug-likeness (QED) is 0.653. The zero-order valence-corrected chi connectivity index (χ0v) is 15.4. The number of ether oxygens (including phenoxy) is 2. The number of fused-ring (bicyclic) bond motifs is 1. The van der Waals surface area contributed by atoms with E-state index in [4.69, 9.17) is 13.9 Å². The number of amides is 1. The molecular weight excluding hydrogens is 366 g/mol. The van der Waals surface area contributed by atoms with Gasteiger partial charge in [0.05, 0.1) is 11.8 Å². The summed E-state index contributed by atoms with van der Waals surface area (Å²) in [6.45, 7) is 2.16. The molecule has 0 bridgehead atoms. The minimum atomic E-state index is -0.0980. The Labute approximate surface area is 160 Å². The van der Waals surface area contributed by atoms with Crippen molar-refractivity contribution in [3.8, 4) is 23.0 Å². The van der Waals surface area contributed by atoms with Crippen molar-refractivity contribution in [2.24, 2.45) is 0 Å². The summed E-state index contributed by atoms with van der Waals surface area (Å²) in [6.07, 6.45) is 0. The Balaban J connectivity index is 1.34. The van der Waals surface area contributed by atoms with E-state index in [-0.39, 0.29) is 24.5 Å². The number of carbonyl (C=O) groups excluding carboxylic acids is 1. The Morgan fingerprint density at radius 2 is 1.96 bits per heavy atom. The second kappa shape index (κ2) is 7.71. The van der Waals surface area contributed by atoms with E-state index in [0.29, 0.717) is 22.6 Å². The number of hydrogen-bond donors (Lipinski definition) is 1. The maximum Gasteiger partial charge on any atom is 0.277 e. The first-order valence-electron chi connectivity index (χ1n) is 8.39. The molecule has 27 heavy (non-hydrogen) atoms. The van der Waals surface area contributed by atoms with Gasteiger partial charge in [0.2, 0.25) is 18.6 Å². The lowest BCUT2D eigenvalue weighted by atomic mass is 10.1. The van der Waals surface area contributed by atoms with Crippen molar-refractivity contribution in [3.63, 3.8) is 0 Å². The van der Waals surface area contributed by atoms with Crippen molar-refractivity contribution in [1.29, 1.82) is 0 Å². The molecule has 0 fully saturated rings. The standard InChI is InChI=1S/C19H17N3O4S/c1-12(13-5-3-2-4-6-13)20-17(23)10-27-19-22-21-18(26-19)14-7-8-15-16(9-14)25-11-24-15/h2-9,12H,10-11H2,1H3,(H,20,23)/t12-/m1/s1. The summed E-state index contributed by atoms with van der Waals surface area (Å²) < 4.78 is 16.3. The molecule has 3 aromatic rings. The number of nitrogens with one attached hydrogen (secondary N) is 1. The van der Waals surface area contributed by atoms with Crippen LogP contribution in [0, 0.1) is 0 Å². The van der Waals surface area contributed by atoms with Crippen LogP contribution in [0.15, 0.2) is 58.2 Å². The van der Waals surface area contributed by atoms with Crippen LogP contribution in [0.4, 0.5) is 0 Å². The molecule has 2 heterocycles. The Kier molecular flexibility index (Phi) is 4.97. The second-order valence-corrected chi connectivity index (χ2v) is 6.86. The van der Waals surface area contributed by atoms with Crippen molar-refractivity contribution in [1.82, 2.24) is 15.5 Å². The molecule has 1 aliphatic rings. The predicted molar refractivity (Wildman–Crippen MR) is 99.6 cm³/mol. The van der Waals surface area contributed by atoms with Gasteiger partial charge in [0.25, 0.3) is 5.22 Å². The number of thioether (sulfide) groups is 1. The van der Waals surface area contributed by atoms with E-state index < -0.39 is 0 Å². The number of benzene rings is 2. The van der Waals surface area contributed by atoms with Gasteiger partial charge in [0.1, 0.15) is 0 Å². The molecule has 1 atom stereocenters. The number of carbonyl (C=O) groups is 1. The number of hydrogen-bond acceptors (Lipinski definition) is 7. The monoisotopic (exact) mass is 383 g/mol. The molecule has 138 valence electrons. The summed E-state index contributed by atoms with van der Waals surface area (Å²) in [5.74, 6) is 1.80. The van der Waals surface area contributed by atoms with Crippen molar-refractivity contribution < 1.29 is 18.7 Å². The number of aromatic nitrogens is 2. The van der Waals surface area contributed by atoms with E-state index in [1.807, 2.05) is 43.3 Å². The minimum absolute atomic E-state index is 0.0637.